The average Bonchev–Trinajstić information content (AvgIpc) is 3.76. The fraction of sp³-hybridized carbons (Fsp3) is 0.277. The number of fused-ring (bicyclic) bond motifs is 6. The first-order chi connectivity index (χ1) is 27.3. The van der Waals surface area contributed by atoms with E-state index in [-0.39, 0.29) is 11.6 Å². The highest BCUT2D eigenvalue weighted by Gasteiger charge is 2.26. The SMILES string of the molecule is CC(=O)c1ccc2c(c1)Cc1nc(Cc3ccccc3)nc(NCCCN(C)CCCCc3nc(Cc4ccccc4)nc4[nH]c5cc(C(C)=O)ccc5c34)c1-2. The maximum absolute atomic E-state index is 12.1. The minimum atomic E-state index is 0.0444. The van der Waals surface area contributed by atoms with E-state index in [2.05, 4.69) is 52.6 Å². The molecule has 1 aliphatic rings. The van der Waals surface area contributed by atoms with Gasteiger partial charge in [0.15, 0.2) is 11.6 Å². The van der Waals surface area contributed by atoms with Crippen LogP contribution >= 0.6 is 0 Å². The van der Waals surface area contributed by atoms with Gasteiger partial charge in [0, 0.05) is 58.8 Å². The van der Waals surface area contributed by atoms with Gasteiger partial charge in [0.2, 0.25) is 0 Å². The number of aryl methyl sites for hydroxylation is 1. The van der Waals surface area contributed by atoms with Gasteiger partial charge in [0.25, 0.3) is 0 Å². The van der Waals surface area contributed by atoms with Crippen molar-refractivity contribution in [2.45, 2.75) is 58.8 Å². The first-order valence-electron chi connectivity index (χ1n) is 19.7. The van der Waals surface area contributed by atoms with Crippen LogP contribution in [0, 0.1) is 0 Å². The van der Waals surface area contributed by atoms with Gasteiger partial charge in [-0.15, -0.1) is 0 Å². The van der Waals surface area contributed by atoms with Gasteiger partial charge in [0.05, 0.1) is 11.4 Å². The van der Waals surface area contributed by atoms with Crippen LogP contribution in [0.1, 0.15) is 93.6 Å². The van der Waals surface area contributed by atoms with E-state index >= 15 is 0 Å². The van der Waals surface area contributed by atoms with Gasteiger partial charge in [-0.2, -0.15) is 0 Å². The van der Waals surface area contributed by atoms with Crippen LogP contribution in [-0.4, -0.2) is 68.1 Å². The molecule has 56 heavy (non-hydrogen) atoms. The summed E-state index contributed by atoms with van der Waals surface area (Å²) in [6.45, 7) is 5.93. The highest BCUT2D eigenvalue weighted by Crippen LogP contribution is 2.40. The van der Waals surface area contributed by atoms with Crippen molar-refractivity contribution in [1.82, 2.24) is 29.8 Å². The molecule has 8 rings (SSSR count). The summed E-state index contributed by atoms with van der Waals surface area (Å²) < 4.78 is 0. The Morgan fingerprint density at radius 2 is 1.39 bits per heavy atom. The third-order valence-corrected chi connectivity index (χ3v) is 10.8. The number of nitrogens with zero attached hydrogens (tertiary/aromatic N) is 5. The van der Waals surface area contributed by atoms with Gasteiger partial charge in [-0.05, 0) is 94.1 Å². The van der Waals surface area contributed by atoms with Crippen molar-refractivity contribution >= 4 is 39.3 Å². The van der Waals surface area contributed by atoms with E-state index < -0.39 is 0 Å². The van der Waals surface area contributed by atoms with Gasteiger partial charge >= 0.3 is 0 Å². The molecule has 7 aromatic rings. The number of H-pyrrole nitrogens is 1. The molecule has 0 atom stereocenters. The van der Waals surface area contributed by atoms with Gasteiger partial charge in [-0.25, -0.2) is 19.9 Å². The molecule has 0 amide bonds. The monoisotopic (exact) mass is 741 g/mol. The number of anilines is 1. The number of aromatic amines is 1. The second kappa shape index (κ2) is 16.4. The van der Waals surface area contributed by atoms with Crippen LogP contribution in [0.5, 0.6) is 0 Å². The third kappa shape index (κ3) is 8.14. The topological polar surface area (TPSA) is 117 Å². The summed E-state index contributed by atoms with van der Waals surface area (Å²) in [7, 11) is 2.19. The summed E-state index contributed by atoms with van der Waals surface area (Å²) in [6, 6.07) is 32.5. The molecule has 2 N–H and O–H groups in total. The zero-order valence-electron chi connectivity index (χ0n) is 32.4. The maximum atomic E-state index is 12.1. The third-order valence-electron chi connectivity index (χ3n) is 10.8. The summed E-state index contributed by atoms with van der Waals surface area (Å²) in [6.07, 6.45) is 5.87. The highest BCUT2D eigenvalue weighted by atomic mass is 16.1. The predicted molar refractivity (Wildman–Crippen MR) is 224 cm³/mol. The van der Waals surface area contributed by atoms with Crippen LogP contribution in [0.25, 0.3) is 33.1 Å². The van der Waals surface area contributed by atoms with Crippen LogP contribution in [0.4, 0.5) is 5.82 Å². The van der Waals surface area contributed by atoms with Gasteiger partial charge in [-0.1, -0.05) is 84.9 Å². The minimum Gasteiger partial charge on any atom is -0.369 e. The normalized spacial score (nSPS) is 12.0. The van der Waals surface area contributed by atoms with E-state index in [9.17, 15) is 9.59 Å². The van der Waals surface area contributed by atoms with E-state index in [1.165, 1.54) is 11.1 Å². The molecule has 1 aliphatic carbocycles. The van der Waals surface area contributed by atoms with Crippen molar-refractivity contribution in [2.75, 3.05) is 32.0 Å². The van der Waals surface area contributed by atoms with E-state index in [0.29, 0.717) is 24.8 Å². The molecule has 0 spiro atoms. The number of rotatable bonds is 16. The number of carbonyl (C=O) groups excluding carboxylic acids is 2. The Hall–Kier alpha value is -6.06. The van der Waals surface area contributed by atoms with Gasteiger partial charge in [0.1, 0.15) is 23.1 Å². The molecule has 3 aromatic heterocycles. The van der Waals surface area contributed by atoms with Gasteiger partial charge < -0.3 is 15.2 Å². The molecule has 0 aliphatic heterocycles. The summed E-state index contributed by atoms with van der Waals surface area (Å²) in [4.78, 5) is 50.3. The van der Waals surface area contributed by atoms with E-state index in [0.717, 1.165) is 118 Å². The molecule has 9 heteroatoms. The van der Waals surface area contributed by atoms with Crippen molar-refractivity contribution in [1.29, 1.82) is 0 Å². The Bertz CT molecular complexity index is 2550. The molecule has 3 heterocycles. The number of hydrogen-bond donors (Lipinski definition) is 2. The zero-order chi connectivity index (χ0) is 38.6. The number of ketones is 2. The van der Waals surface area contributed by atoms with Crippen molar-refractivity contribution in [2.24, 2.45) is 0 Å². The molecule has 0 radical (unpaired) electrons. The smallest absolute Gasteiger partial charge is 0.159 e. The van der Waals surface area contributed by atoms with Crippen LogP contribution in [0.15, 0.2) is 97.1 Å². The van der Waals surface area contributed by atoms with Crippen molar-refractivity contribution in [3.8, 4) is 11.1 Å². The first-order valence-corrected chi connectivity index (χ1v) is 19.7. The molecule has 4 aromatic carbocycles. The average molecular weight is 742 g/mol. The van der Waals surface area contributed by atoms with Gasteiger partial charge in [-0.3, -0.25) is 9.59 Å². The molecule has 0 saturated heterocycles. The quantitative estimate of drug-likeness (QED) is 0.0746. The summed E-state index contributed by atoms with van der Waals surface area (Å²) in [5.74, 6) is 2.59. The van der Waals surface area contributed by atoms with Crippen LogP contribution in [0.3, 0.4) is 0 Å². The molecule has 0 unspecified atom stereocenters. The number of unbranched alkanes of at least 4 members (excludes halogenated alkanes) is 1. The van der Waals surface area contributed by atoms with E-state index in [1.54, 1.807) is 13.8 Å². The fourth-order valence-electron chi connectivity index (χ4n) is 7.86. The highest BCUT2D eigenvalue weighted by molar-refractivity contribution is 6.09. The summed E-state index contributed by atoms with van der Waals surface area (Å²) >= 11 is 0. The summed E-state index contributed by atoms with van der Waals surface area (Å²) in [5.41, 5.74) is 10.9. The van der Waals surface area contributed by atoms with E-state index in [1.807, 2.05) is 66.7 Å². The molecule has 0 bridgehead atoms. The van der Waals surface area contributed by atoms with Crippen LogP contribution in [-0.2, 0) is 25.7 Å². The van der Waals surface area contributed by atoms with E-state index in [4.69, 9.17) is 19.9 Å². The number of aromatic nitrogens is 5. The number of carbonyl (C=O) groups is 2. The Labute approximate surface area is 327 Å². The molecule has 282 valence electrons. The standard InChI is InChI=1S/C47H47N7O2/c1-30(55)34-18-20-37-36(27-34)29-41-44(37)46(52-43(50-41)26-33-15-8-5-9-16-33)48-22-12-24-54(3)23-11-10-17-39-45-38-21-19-35(31(2)56)28-40(38)51-47(45)53-42(49-39)25-32-13-6-4-7-14-32/h4-9,13-16,18-21,27-28H,10-12,17,22-26,29H2,1-3H3,(H,48,50,52)(H,49,51,53). The predicted octanol–water partition coefficient (Wildman–Crippen LogP) is 8.82. The van der Waals surface area contributed by atoms with Crippen LogP contribution < -0.4 is 5.32 Å². The molecular formula is C47H47N7O2. The van der Waals surface area contributed by atoms with Crippen molar-refractivity contribution in [3.63, 3.8) is 0 Å². The molecule has 0 fully saturated rings. The number of nitrogens with one attached hydrogen (secondary N) is 2. The first kappa shape index (κ1) is 36.9. The largest absolute Gasteiger partial charge is 0.369 e. The Kier molecular flexibility index (Phi) is 10.8. The lowest BCUT2D eigenvalue weighted by molar-refractivity contribution is 0.100. The number of Topliss-reactive ketones (excluding diaryl/α,β-unsaturated/α-hetero) is 2. The minimum absolute atomic E-state index is 0.0444. The number of benzene rings is 4. The fourth-order valence-corrected chi connectivity index (χ4v) is 7.86. The Balaban J connectivity index is 0.907. The lowest BCUT2D eigenvalue weighted by Gasteiger charge is -2.18. The number of hydrogen-bond acceptors (Lipinski definition) is 8. The zero-order valence-corrected chi connectivity index (χ0v) is 32.4. The molecule has 0 saturated carbocycles. The van der Waals surface area contributed by atoms with Crippen molar-refractivity contribution in [3.05, 3.63) is 148 Å². The maximum Gasteiger partial charge on any atom is 0.159 e. The second-order valence-electron chi connectivity index (χ2n) is 15.0. The Morgan fingerprint density at radius 1 is 0.732 bits per heavy atom. The Morgan fingerprint density at radius 3 is 2.11 bits per heavy atom. The van der Waals surface area contributed by atoms with Crippen molar-refractivity contribution < 1.29 is 9.59 Å². The molecular weight excluding hydrogens is 695 g/mol. The lowest BCUT2D eigenvalue weighted by Crippen LogP contribution is -2.23. The lowest BCUT2D eigenvalue weighted by atomic mass is 10.0. The molecule has 9 nitrogen and oxygen atoms in total. The second-order valence-corrected chi connectivity index (χ2v) is 15.0. The summed E-state index contributed by atoms with van der Waals surface area (Å²) in [5, 5.41) is 5.78. The van der Waals surface area contributed by atoms with Crippen LogP contribution in [0.2, 0.25) is 0 Å².